The average molecular weight is 228 g/mol. The van der Waals surface area contributed by atoms with Gasteiger partial charge in [-0.05, 0) is 12.3 Å². The minimum absolute atomic E-state index is 0.470. The van der Waals surface area contributed by atoms with Gasteiger partial charge in [0, 0.05) is 13.0 Å². The standard InChI is InChI=1S/C11H18ClN3/c1-2-6-15-10(7-9-4-3-5-9)13-14-11(15)8-12/h9H,2-8H2,1H3. The number of aromatic nitrogens is 3. The van der Waals surface area contributed by atoms with Gasteiger partial charge in [-0.3, -0.25) is 0 Å². The molecule has 1 heterocycles. The smallest absolute Gasteiger partial charge is 0.147 e. The molecule has 1 aromatic heterocycles. The van der Waals surface area contributed by atoms with Gasteiger partial charge in [-0.15, -0.1) is 21.8 Å². The lowest BCUT2D eigenvalue weighted by molar-refractivity contribution is 0.305. The van der Waals surface area contributed by atoms with Gasteiger partial charge in [-0.25, -0.2) is 0 Å². The summed E-state index contributed by atoms with van der Waals surface area (Å²) in [5.74, 6) is 3.37. The number of nitrogens with zero attached hydrogens (tertiary/aromatic N) is 3. The highest BCUT2D eigenvalue weighted by molar-refractivity contribution is 6.16. The van der Waals surface area contributed by atoms with Crippen LogP contribution in [0, 0.1) is 5.92 Å². The third-order valence-corrected chi connectivity index (χ3v) is 3.41. The fourth-order valence-corrected chi connectivity index (χ4v) is 2.26. The molecule has 84 valence electrons. The Morgan fingerprint density at radius 2 is 2.07 bits per heavy atom. The van der Waals surface area contributed by atoms with E-state index >= 15 is 0 Å². The zero-order chi connectivity index (χ0) is 10.7. The normalized spacial score (nSPS) is 16.7. The average Bonchev–Trinajstić information content (AvgIpc) is 2.55. The first-order valence-corrected chi connectivity index (χ1v) is 6.35. The Bertz CT molecular complexity index is 318. The molecule has 0 N–H and O–H groups in total. The van der Waals surface area contributed by atoms with Crippen LogP contribution in [0.1, 0.15) is 44.3 Å². The molecule has 1 aliphatic carbocycles. The lowest BCUT2D eigenvalue weighted by Gasteiger charge is -2.24. The maximum absolute atomic E-state index is 5.84. The van der Waals surface area contributed by atoms with E-state index in [1.165, 1.54) is 19.3 Å². The zero-order valence-electron chi connectivity index (χ0n) is 9.25. The van der Waals surface area contributed by atoms with Gasteiger partial charge in [0.05, 0.1) is 5.88 Å². The first kappa shape index (κ1) is 10.9. The fraction of sp³-hybridized carbons (Fsp3) is 0.818. The third-order valence-electron chi connectivity index (χ3n) is 3.17. The Kier molecular flexibility index (Phi) is 3.62. The van der Waals surface area contributed by atoms with Crippen LogP contribution in [0.5, 0.6) is 0 Å². The molecule has 0 aliphatic heterocycles. The monoisotopic (exact) mass is 227 g/mol. The molecule has 2 rings (SSSR count). The summed E-state index contributed by atoms with van der Waals surface area (Å²) in [6, 6.07) is 0. The molecule has 3 nitrogen and oxygen atoms in total. The molecule has 0 unspecified atom stereocenters. The molecular weight excluding hydrogens is 210 g/mol. The quantitative estimate of drug-likeness (QED) is 0.725. The predicted molar refractivity (Wildman–Crippen MR) is 60.9 cm³/mol. The van der Waals surface area contributed by atoms with Crippen LogP contribution in [-0.2, 0) is 18.8 Å². The minimum atomic E-state index is 0.470. The van der Waals surface area contributed by atoms with Gasteiger partial charge in [0.2, 0.25) is 0 Å². The van der Waals surface area contributed by atoms with Crippen molar-refractivity contribution in [2.75, 3.05) is 0 Å². The van der Waals surface area contributed by atoms with Crippen molar-refractivity contribution in [3.8, 4) is 0 Å². The van der Waals surface area contributed by atoms with E-state index in [1.54, 1.807) is 0 Å². The van der Waals surface area contributed by atoms with Crippen molar-refractivity contribution in [2.24, 2.45) is 5.92 Å². The van der Waals surface area contributed by atoms with Gasteiger partial charge < -0.3 is 4.57 Å². The van der Waals surface area contributed by atoms with Gasteiger partial charge in [0.15, 0.2) is 0 Å². The first-order chi connectivity index (χ1) is 7.35. The van der Waals surface area contributed by atoms with Crippen molar-refractivity contribution >= 4 is 11.6 Å². The zero-order valence-corrected chi connectivity index (χ0v) is 10.0. The van der Waals surface area contributed by atoms with Crippen molar-refractivity contribution in [3.63, 3.8) is 0 Å². The van der Waals surface area contributed by atoms with Crippen LogP contribution in [0.15, 0.2) is 0 Å². The van der Waals surface area contributed by atoms with Crippen molar-refractivity contribution < 1.29 is 0 Å². The van der Waals surface area contributed by atoms with Crippen LogP contribution < -0.4 is 0 Å². The van der Waals surface area contributed by atoms with E-state index in [9.17, 15) is 0 Å². The first-order valence-electron chi connectivity index (χ1n) is 5.82. The molecule has 0 amide bonds. The van der Waals surface area contributed by atoms with Gasteiger partial charge in [0.1, 0.15) is 11.6 Å². The van der Waals surface area contributed by atoms with Crippen molar-refractivity contribution in [3.05, 3.63) is 11.6 Å². The number of alkyl halides is 1. The van der Waals surface area contributed by atoms with E-state index < -0.39 is 0 Å². The largest absolute Gasteiger partial charge is 0.314 e. The summed E-state index contributed by atoms with van der Waals surface area (Å²) < 4.78 is 2.20. The van der Waals surface area contributed by atoms with Crippen molar-refractivity contribution in [2.45, 2.75) is 51.5 Å². The van der Waals surface area contributed by atoms with Crippen LogP contribution in [0.3, 0.4) is 0 Å². The number of rotatable bonds is 5. The van der Waals surface area contributed by atoms with Crippen LogP contribution in [0.2, 0.25) is 0 Å². The highest BCUT2D eigenvalue weighted by Crippen LogP contribution is 2.29. The second kappa shape index (κ2) is 4.97. The summed E-state index contributed by atoms with van der Waals surface area (Å²) in [6.45, 7) is 3.17. The molecule has 0 saturated heterocycles. The molecule has 0 radical (unpaired) electrons. The van der Waals surface area contributed by atoms with E-state index in [4.69, 9.17) is 11.6 Å². The Morgan fingerprint density at radius 3 is 2.60 bits per heavy atom. The molecule has 15 heavy (non-hydrogen) atoms. The lowest BCUT2D eigenvalue weighted by atomic mass is 9.83. The summed E-state index contributed by atoms with van der Waals surface area (Å²) >= 11 is 5.84. The van der Waals surface area contributed by atoms with Gasteiger partial charge in [0.25, 0.3) is 0 Å². The second-order valence-corrected chi connectivity index (χ2v) is 4.59. The maximum Gasteiger partial charge on any atom is 0.147 e. The molecule has 0 spiro atoms. The summed E-state index contributed by atoms with van der Waals surface area (Å²) in [5.41, 5.74) is 0. The van der Waals surface area contributed by atoms with Gasteiger partial charge in [-0.1, -0.05) is 26.2 Å². The van der Waals surface area contributed by atoms with Gasteiger partial charge >= 0.3 is 0 Å². The van der Waals surface area contributed by atoms with Crippen LogP contribution in [0.4, 0.5) is 0 Å². The van der Waals surface area contributed by atoms with E-state index in [1.807, 2.05) is 0 Å². The Morgan fingerprint density at radius 1 is 1.33 bits per heavy atom. The van der Waals surface area contributed by atoms with E-state index in [-0.39, 0.29) is 0 Å². The van der Waals surface area contributed by atoms with Crippen LogP contribution in [-0.4, -0.2) is 14.8 Å². The number of hydrogen-bond acceptors (Lipinski definition) is 2. The van der Waals surface area contributed by atoms with E-state index in [0.717, 1.165) is 37.0 Å². The fourth-order valence-electron chi connectivity index (χ4n) is 2.06. The lowest BCUT2D eigenvalue weighted by Crippen LogP contribution is -2.17. The van der Waals surface area contributed by atoms with Gasteiger partial charge in [-0.2, -0.15) is 0 Å². The molecule has 0 aromatic carbocycles. The van der Waals surface area contributed by atoms with Crippen LogP contribution >= 0.6 is 11.6 Å². The maximum atomic E-state index is 5.84. The van der Waals surface area contributed by atoms with Crippen molar-refractivity contribution in [1.82, 2.24) is 14.8 Å². The summed E-state index contributed by atoms with van der Waals surface area (Å²) in [6.07, 6.45) is 6.29. The SMILES string of the molecule is CCCn1c(CCl)nnc1CC1CCC1. The molecule has 4 heteroatoms. The molecule has 0 atom stereocenters. The summed E-state index contributed by atoms with van der Waals surface area (Å²) in [7, 11) is 0. The topological polar surface area (TPSA) is 30.7 Å². The second-order valence-electron chi connectivity index (χ2n) is 4.32. The van der Waals surface area contributed by atoms with E-state index in [0.29, 0.717) is 5.88 Å². The molecule has 1 aliphatic rings. The van der Waals surface area contributed by atoms with Crippen LogP contribution in [0.25, 0.3) is 0 Å². The predicted octanol–water partition coefficient (Wildman–Crippen LogP) is 2.77. The van der Waals surface area contributed by atoms with E-state index in [2.05, 4.69) is 21.7 Å². The molecular formula is C11H18ClN3. The highest BCUT2D eigenvalue weighted by atomic mass is 35.5. The molecule has 1 fully saturated rings. The summed E-state index contributed by atoms with van der Waals surface area (Å²) in [5, 5.41) is 8.40. The highest BCUT2D eigenvalue weighted by Gasteiger charge is 2.21. The van der Waals surface area contributed by atoms with Crippen molar-refractivity contribution in [1.29, 1.82) is 0 Å². The Balaban J connectivity index is 2.09. The molecule has 1 saturated carbocycles. The minimum Gasteiger partial charge on any atom is -0.314 e. The third kappa shape index (κ3) is 2.33. The molecule has 0 bridgehead atoms. The number of hydrogen-bond donors (Lipinski definition) is 0. The Hall–Kier alpha value is -0.570. The summed E-state index contributed by atoms with van der Waals surface area (Å²) in [4.78, 5) is 0. The number of halogens is 1. The molecule has 1 aromatic rings. The Labute approximate surface area is 95.8 Å².